The number of carbonyl (C=O) groups excluding carboxylic acids is 2. The van der Waals surface area contributed by atoms with Gasteiger partial charge in [-0.3, -0.25) is 14.9 Å². The number of carbonyl (C=O) groups is 2. The van der Waals surface area contributed by atoms with Crippen molar-refractivity contribution < 1.29 is 24.5 Å². The van der Waals surface area contributed by atoms with Gasteiger partial charge in [0, 0.05) is 31.6 Å². The zero-order chi connectivity index (χ0) is 19.2. The molecular formula is C18H24N4O5. The third kappa shape index (κ3) is 4.75. The van der Waals surface area contributed by atoms with Crippen LogP contribution in [0.15, 0.2) is 23.2 Å². The van der Waals surface area contributed by atoms with Gasteiger partial charge in [-0.15, -0.1) is 0 Å². The first kappa shape index (κ1) is 19.1. The number of guanidine groups is 1. The van der Waals surface area contributed by atoms with E-state index in [0.29, 0.717) is 44.2 Å². The van der Waals surface area contributed by atoms with Crippen LogP contribution in [0.25, 0.3) is 0 Å². The molecule has 3 rings (SSSR count). The summed E-state index contributed by atoms with van der Waals surface area (Å²) in [6.07, 6.45) is 0.830. The van der Waals surface area contributed by atoms with Crippen LogP contribution in [-0.4, -0.2) is 77.2 Å². The number of rotatable bonds is 9. The van der Waals surface area contributed by atoms with Crippen LogP contribution in [0, 0.1) is 0 Å². The number of aliphatic hydroxyl groups is 2. The zero-order valence-corrected chi connectivity index (χ0v) is 15.1. The number of amides is 2. The average molecular weight is 376 g/mol. The fraction of sp³-hybridized carbons (Fsp3) is 0.500. The van der Waals surface area contributed by atoms with Gasteiger partial charge in [0.25, 0.3) is 0 Å². The summed E-state index contributed by atoms with van der Waals surface area (Å²) in [5.74, 6) is 1.12. The van der Waals surface area contributed by atoms with Gasteiger partial charge in [-0.2, -0.15) is 0 Å². The first-order chi connectivity index (χ1) is 13.1. The van der Waals surface area contributed by atoms with Crippen molar-refractivity contribution in [3.63, 3.8) is 0 Å². The standard InChI is InChI=1S/C18H24N4O5/c23-7-5-21(6-8-24)17(26)2-1-9-27-14-3-4-15-13(10-14)11-22-12-16(25)20-18(22)19-15/h3-4,10,23-24H,1-2,5-9,11-12H2,(H,19,20,25). The maximum absolute atomic E-state index is 12.1. The smallest absolute Gasteiger partial charge is 0.246 e. The number of aliphatic imine (C=N–C) groups is 1. The minimum absolute atomic E-state index is 0.0564. The molecule has 1 aromatic rings. The molecule has 27 heavy (non-hydrogen) atoms. The van der Waals surface area contributed by atoms with Gasteiger partial charge in [0.05, 0.1) is 25.5 Å². The largest absolute Gasteiger partial charge is 0.494 e. The molecule has 0 spiro atoms. The lowest BCUT2D eigenvalue weighted by Gasteiger charge is -2.23. The van der Waals surface area contributed by atoms with Crippen LogP contribution >= 0.6 is 0 Å². The Morgan fingerprint density at radius 3 is 2.78 bits per heavy atom. The van der Waals surface area contributed by atoms with Crippen molar-refractivity contribution in [2.45, 2.75) is 19.4 Å². The molecule has 2 aliphatic heterocycles. The summed E-state index contributed by atoms with van der Waals surface area (Å²) < 4.78 is 5.74. The third-order valence-electron chi connectivity index (χ3n) is 4.42. The van der Waals surface area contributed by atoms with Gasteiger partial charge >= 0.3 is 0 Å². The average Bonchev–Trinajstić information content (AvgIpc) is 3.01. The summed E-state index contributed by atoms with van der Waals surface area (Å²) in [4.78, 5) is 31.3. The van der Waals surface area contributed by atoms with Crippen LogP contribution in [-0.2, 0) is 16.1 Å². The van der Waals surface area contributed by atoms with Gasteiger partial charge in [-0.25, -0.2) is 4.99 Å². The van der Waals surface area contributed by atoms with E-state index in [1.54, 1.807) is 0 Å². The van der Waals surface area contributed by atoms with E-state index in [2.05, 4.69) is 10.3 Å². The second-order valence-electron chi connectivity index (χ2n) is 6.41. The first-order valence-electron chi connectivity index (χ1n) is 8.99. The van der Waals surface area contributed by atoms with Crippen molar-refractivity contribution in [1.82, 2.24) is 15.1 Å². The highest BCUT2D eigenvalue weighted by Gasteiger charge is 2.29. The molecule has 0 radical (unpaired) electrons. The maximum Gasteiger partial charge on any atom is 0.246 e. The molecule has 3 N–H and O–H groups in total. The maximum atomic E-state index is 12.1. The van der Waals surface area contributed by atoms with E-state index in [-0.39, 0.29) is 38.1 Å². The first-order valence-corrected chi connectivity index (χ1v) is 8.99. The number of benzene rings is 1. The van der Waals surface area contributed by atoms with E-state index >= 15 is 0 Å². The minimum Gasteiger partial charge on any atom is -0.494 e. The predicted octanol–water partition coefficient (Wildman–Crippen LogP) is -0.408. The fourth-order valence-corrected chi connectivity index (χ4v) is 3.10. The second kappa shape index (κ2) is 8.83. The molecule has 0 atom stereocenters. The summed E-state index contributed by atoms with van der Waals surface area (Å²) >= 11 is 0. The van der Waals surface area contributed by atoms with Crippen molar-refractivity contribution in [3.8, 4) is 5.75 Å². The molecule has 9 nitrogen and oxygen atoms in total. The lowest BCUT2D eigenvalue weighted by atomic mass is 10.1. The molecule has 2 aliphatic rings. The van der Waals surface area contributed by atoms with Crippen molar-refractivity contribution >= 4 is 23.5 Å². The molecule has 2 amide bonds. The van der Waals surface area contributed by atoms with E-state index in [4.69, 9.17) is 14.9 Å². The molecule has 9 heteroatoms. The summed E-state index contributed by atoms with van der Waals surface area (Å²) in [5, 5.41) is 20.7. The van der Waals surface area contributed by atoms with E-state index in [1.807, 2.05) is 23.1 Å². The van der Waals surface area contributed by atoms with Crippen LogP contribution in [0.1, 0.15) is 18.4 Å². The van der Waals surface area contributed by atoms with Crippen LogP contribution in [0.4, 0.5) is 5.69 Å². The molecule has 0 unspecified atom stereocenters. The Labute approximate surface area is 157 Å². The number of nitrogens with one attached hydrogen (secondary N) is 1. The Balaban J connectivity index is 1.48. The molecule has 1 saturated heterocycles. The summed E-state index contributed by atoms with van der Waals surface area (Å²) in [6.45, 7) is 1.49. The molecule has 0 bridgehead atoms. The van der Waals surface area contributed by atoms with E-state index < -0.39 is 0 Å². The Hall–Kier alpha value is -2.65. The SMILES string of the molecule is O=C1CN2Cc3cc(OCCCC(=O)N(CCO)CCO)ccc3N=C2N1. The lowest BCUT2D eigenvalue weighted by molar-refractivity contribution is -0.132. The second-order valence-corrected chi connectivity index (χ2v) is 6.41. The van der Waals surface area contributed by atoms with E-state index in [1.165, 1.54) is 4.90 Å². The Kier molecular flexibility index (Phi) is 6.25. The molecule has 1 fully saturated rings. The van der Waals surface area contributed by atoms with Gasteiger partial charge in [0.15, 0.2) is 0 Å². The topological polar surface area (TPSA) is 115 Å². The molecule has 0 aromatic heterocycles. The fourth-order valence-electron chi connectivity index (χ4n) is 3.10. The van der Waals surface area contributed by atoms with E-state index in [9.17, 15) is 9.59 Å². The van der Waals surface area contributed by atoms with Gasteiger partial charge in [-0.05, 0) is 24.6 Å². The monoisotopic (exact) mass is 376 g/mol. The number of aliphatic hydroxyl groups excluding tert-OH is 2. The number of ether oxygens (including phenoxy) is 1. The van der Waals surface area contributed by atoms with Crippen LogP contribution in [0.5, 0.6) is 5.75 Å². The predicted molar refractivity (Wildman–Crippen MR) is 97.6 cm³/mol. The molecule has 146 valence electrons. The highest BCUT2D eigenvalue weighted by Crippen LogP contribution is 2.30. The normalized spacial score (nSPS) is 15.0. The van der Waals surface area contributed by atoms with Gasteiger partial charge in [-0.1, -0.05) is 0 Å². The van der Waals surface area contributed by atoms with Crippen LogP contribution in [0.2, 0.25) is 0 Å². The van der Waals surface area contributed by atoms with Crippen molar-refractivity contribution in [2.24, 2.45) is 4.99 Å². The Morgan fingerprint density at radius 1 is 1.26 bits per heavy atom. The number of nitrogens with zero attached hydrogens (tertiary/aromatic N) is 3. The van der Waals surface area contributed by atoms with Crippen LogP contribution in [0.3, 0.4) is 0 Å². The van der Waals surface area contributed by atoms with Crippen molar-refractivity contribution in [1.29, 1.82) is 0 Å². The van der Waals surface area contributed by atoms with Gasteiger partial charge < -0.3 is 24.7 Å². The summed E-state index contributed by atoms with van der Waals surface area (Å²) in [5.41, 5.74) is 1.80. The van der Waals surface area contributed by atoms with E-state index in [0.717, 1.165) is 11.3 Å². The van der Waals surface area contributed by atoms with Gasteiger partial charge in [0.2, 0.25) is 17.8 Å². The van der Waals surface area contributed by atoms with Crippen LogP contribution < -0.4 is 10.1 Å². The quantitative estimate of drug-likeness (QED) is 0.505. The molecule has 0 saturated carbocycles. The summed E-state index contributed by atoms with van der Waals surface area (Å²) in [6, 6.07) is 5.58. The number of hydrogen-bond donors (Lipinski definition) is 3. The van der Waals surface area contributed by atoms with Crippen molar-refractivity contribution in [3.05, 3.63) is 23.8 Å². The molecule has 0 aliphatic carbocycles. The van der Waals surface area contributed by atoms with Crippen molar-refractivity contribution in [2.75, 3.05) is 39.5 Å². The highest BCUT2D eigenvalue weighted by molar-refractivity contribution is 6.05. The molecule has 2 heterocycles. The Morgan fingerprint density at radius 2 is 2.04 bits per heavy atom. The number of fused-ring (bicyclic) bond motifs is 2. The number of hydrogen-bond acceptors (Lipinski definition) is 7. The highest BCUT2D eigenvalue weighted by atomic mass is 16.5. The summed E-state index contributed by atoms with van der Waals surface area (Å²) in [7, 11) is 0. The molecule has 1 aromatic carbocycles. The van der Waals surface area contributed by atoms with Gasteiger partial charge in [0.1, 0.15) is 12.3 Å². The minimum atomic E-state index is -0.125. The third-order valence-corrected chi connectivity index (χ3v) is 4.42. The lowest BCUT2D eigenvalue weighted by Crippen LogP contribution is -2.35. The zero-order valence-electron chi connectivity index (χ0n) is 15.1. The molecular weight excluding hydrogens is 352 g/mol. The Bertz CT molecular complexity index is 730.